The first-order chi connectivity index (χ1) is 9.63. The zero-order valence-electron chi connectivity index (χ0n) is 11.8. The molecule has 0 heterocycles. The van der Waals surface area contributed by atoms with Crippen LogP contribution in [0.4, 0.5) is 13.2 Å². The van der Waals surface area contributed by atoms with Crippen LogP contribution in [-0.4, -0.2) is 39.0 Å². The first-order valence-electron chi connectivity index (χ1n) is 6.23. The maximum absolute atomic E-state index is 12.7. The van der Waals surface area contributed by atoms with E-state index in [9.17, 15) is 21.6 Å². The van der Waals surface area contributed by atoms with E-state index in [2.05, 4.69) is 5.32 Å². The lowest BCUT2D eigenvalue weighted by molar-refractivity contribution is -0.137. The highest BCUT2D eigenvalue weighted by Gasteiger charge is 2.30. The van der Waals surface area contributed by atoms with Crippen LogP contribution in [0, 0.1) is 0 Å². The molecule has 1 atom stereocenters. The smallest absolute Gasteiger partial charge is 0.312 e. The lowest BCUT2D eigenvalue weighted by atomic mass is 10.1. The molecule has 1 aromatic rings. The molecule has 21 heavy (non-hydrogen) atoms. The normalized spacial score (nSPS) is 14.1. The van der Waals surface area contributed by atoms with E-state index in [0.717, 1.165) is 18.4 Å². The minimum Gasteiger partial charge on any atom is -0.312 e. The number of halogens is 3. The largest absolute Gasteiger partial charge is 0.416 e. The number of alkyl halides is 3. The summed E-state index contributed by atoms with van der Waals surface area (Å²) in [6.45, 7) is 0. The van der Waals surface area contributed by atoms with E-state index >= 15 is 0 Å². The second-order valence-electron chi connectivity index (χ2n) is 4.67. The molecule has 0 amide bonds. The van der Waals surface area contributed by atoms with Gasteiger partial charge in [-0.25, -0.2) is 8.42 Å². The van der Waals surface area contributed by atoms with Crippen LogP contribution in [0.2, 0.25) is 0 Å². The van der Waals surface area contributed by atoms with Crippen molar-refractivity contribution in [3.05, 3.63) is 35.4 Å². The van der Waals surface area contributed by atoms with Crippen molar-refractivity contribution in [2.45, 2.75) is 12.2 Å². The van der Waals surface area contributed by atoms with Crippen molar-refractivity contribution in [3.63, 3.8) is 0 Å². The SMILES string of the molecule is CNC(CSCCS(C)(=O)=O)c1cccc(C(F)(F)F)c1. The summed E-state index contributed by atoms with van der Waals surface area (Å²) >= 11 is 1.40. The molecule has 0 radical (unpaired) electrons. The third-order valence-electron chi connectivity index (χ3n) is 2.85. The van der Waals surface area contributed by atoms with Gasteiger partial charge in [-0.1, -0.05) is 12.1 Å². The Bertz CT molecular complexity index is 559. The second kappa shape index (κ2) is 7.51. The quantitative estimate of drug-likeness (QED) is 0.775. The summed E-state index contributed by atoms with van der Waals surface area (Å²) < 4.78 is 60.1. The number of thioether (sulfide) groups is 1. The molecule has 0 saturated heterocycles. The van der Waals surface area contributed by atoms with E-state index in [0.29, 0.717) is 17.1 Å². The Balaban J connectivity index is 2.68. The molecule has 0 bridgehead atoms. The first-order valence-corrected chi connectivity index (χ1v) is 9.45. The summed E-state index contributed by atoms with van der Waals surface area (Å²) in [5, 5.41) is 2.96. The Morgan fingerprint density at radius 2 is 2.00 bits per heavy atom. The third kappa shape index (κ3) is 6.71. The van der Waals surface area contributed by atoms with E-state index in [1.165, 1.54) is 17.8 Å². The highest BCUT2D eigenvalue weighted by Crippen LogP contribution is 2.31. The van der Waals surface area contributed by atoms with Gasteiger partial charge >= 0.3 is 6.18 Å². The Morgan fingerprint density at radius 3 is 2.52 bits per heavy atom. The van der Waals surface area contributed by atoms with Crippen molar-refractivity contribution in [3.8, 4) is 0 Å². The molecule has 1 unspecified atom stereocenters. The predicted octanol–water partition coefficient (Wildman–Crippen LogP) is 2.74. The van der Waals surface area contributed by atoms with Crippen LogP contribution in [0.5, 0.6) is 0 Å². The molecule has 0 aliphatic carbocycles. The van der Waals surface area contributed by atoms with Crippen LogP contribution in [0.1, 0.15) is 17.2 Å². The van der Waals surface area contributed by atoms with Crippen molar-refractivity contribution in [2.75, 3.05) is 30.6 Å². The van der Waals surface area contributed by atoms with Crippen molar-refractivity contribution in [1.82, 2.24) is 5.32 Å². The molecule has 0 aliphatic heterocycles. The van der Waals surface area contributed by atoms with Crippen LogP contribution in [0.15, 0.2) is 24.3 Å². The van der Waals surface area contributed by atoms with Gasteiger partial charge in [0.05, 0.1) is 11.3 Å². The maximum Gasteiger partial charge on any atom is 0.416 e. The maximum atomic E-state index is 12.7. The number of sulfone groups is 1. The molecule has 0 aromatic heterocycles. The fraction of sp³-hybridized carbons (Fsp3) is 0.538. The summed E-state index contributed by atoms with van der Waals surface area (Å²) in [5.74, 6) is 1.000. The van der Waals surface area contributed by atoms with Gasteiger partial charge in [-0.15, -0.1) is 0 Å². The lowest BCUT2D eigenvalue weighted by Crippen LogP contribution is -2.20. The number of nitrogens with one attached hydrogen (secondary N) is 1. The van der Waals surface area contributed by atoms with Gasteiger partial charge in [0.15, 0.2) is 0 Å². The summed E-state index contributed by atoms with van der Waals surface area (Å²) in [6.07, 6.45) is -3.20. The van der Waals surface area contributed by atoms with E-state index < -0.39 is 21.6 Å². The Labute approximate surface area is 127 Å². The number of rotatable bonds is 7. The minimum atomic E-state index is -4.36. The molecule has 1 aromatic carbocycles. The Hall–Kier alpha value is -0.730. The van der Waals surface area contributed by atoms with Gasteiger partial charge in [0.1, 0.15) is 9.84 Å². The van der Waals surface area contributed by atoms with E-state index in [4.69, 9.17) is 0 Å². The van der Waals surface area contributed by atoms with E-state index in [1.807, 2.05) is 0 Å². The summed E-state index contributed by atoms with van der Waals surface area (Å²) in [5.41, 5.74) is -0.138. The molecule has 8 heteroatoms. The van der Waals surface area contributed by atoms with Gasteiger partial charge in [0.25, 0.3) is 0 Å². The van der Waals surface area contributed by atoms with Crippen molar-refractivity contribution in [1.29, 1.82) is 0 Å². The third-order valence-corrected chi connectivity index (χ3v) is 5.11. The molecular formula is C13H18F3NO2S2. The van der Waals surface area contributed by atoms with Gasteiger partial charge in [-0.3, -0.25) is 0 Å². The summed E-state index contributed by atoms with van der Waals surface area (Å²) in [6, 6.07) is 4.92. The predicted molar refractivity (Wildman–Crippen MR) is 80.3 cm³/mol. The average Bonchev–Trinajstić information content (AvgIpc) is 2.37. The van der Waals surface area contributed by atoms with E-state index in [1.54, 1.807) is 13.1 Å². The molecule has 0 spiro atoms. The average molecular weight is 341 g/mol. The molecule has 3 nitrogen and oxygen atoms in total. The van der Waals surface area contributed by atoms with Crippen LogP contribution < -0.4 is 5.32 Å². The molecule has 0 aliphatic rings. The number of benzene rings is 1. The van der Waals surface area contributed by atoms with Crippen LogP contribution in [0.3, 0.4) is 0 Å². The van der Waals surface area contributed by atoms with Gasteiger partial charge in [0.2, 0.25) is 0 Å². The number of hydrogen-bond acceptors (Lipinski definition) is 4. The van der Waals surface area contributed by atoms with Crippen LogP contribution in [0.25, 0.3) is 0 Å². The zero-order chi connectivity index (χ0) is 16.1. The van der Waals surface area contributed by atoms with Crippen molar-refractivity contribution in [2.24, 2.45) is 0 Å². The van der Waals surface area contributed by atoms with Crippen LogP contribution >= 0.6 is 11.8 Å². The fourth-order valence-electron chi connectivity index (χ4n) is 1.69. The highest BCUT2D eigenvalue weighted by atomic mass is 32.2. The summed E-state index contributed by atoms with van der Waals surface area (Å²) in [4.78, 5) is 0. The minimum absolute atomic E-state index is 0.0662. The van der Waals surface area contributed by atoms with Gasteiger partial charge < -0.3 is 5.32 Å². The van der Waals surface area contributed by atoms with Gasteiger partial charge in [-0.2, -0.15) is 24.9 Å². The van der Waals surface area contributed by atoms with E-state index in [-0.39, 0.29) is 11.8 Å². The van der Waals surface area contributed by atoms with Crippen molar-refractivity contribution < 1.29 is 21.6 Å². The Morgan fingerprint density at radius 1 is 1.33 bits per heavy atom. The summed E-state index contributed by atoms with van der Waals surface area (Å²) in [7, 11) is -1.34. The second-order valence-corrected chi connectivity index (χ2v) is 8.08. The molecule has 120 valence electrons. The van der Waals surface area contributed by atoms with Crippen molar-refractivity contribution >= 4 is 21.6 Å². The number of hydrogen-bond donors (Lipinski definition) is 1. The Kier molecular flexibility index (Phi) is 6.55. The molecular weight excluding hydrogens is 323 g/mol. The monoisotopic (exact) mass is 341 g/mol. The molecule has 1 N–H and O–H groups in total. The molecule has 1 rings (SSSR count). The molecule has 0 fully saturated rings. The van der Waals surface area contributed by atoms with Crippen LogP contribution in [-0.2, 0) is 16.0 Å². The van der Waals surface area contributed by atoms with Gasteiger partial charge in [-0.05, 0) is 24.7 Å². The van der Waals surface area contributed by atoms with Gasteiger partial charge in [0, 0.05) is 23.8 Å². The highest BCUT2D eigenvalue weighted by molar-refractivity contribution is 8.00. The standard InChI is InChI=1S/C13H18F3NO2S2/c1-17-12(9-20-6-7-21(2,18)19)10-4-3-5-11(8-10)13(14,15)16/h3-5,8,12,17H,6-7,9H2,1-2H3. The first kappa shape index (κ1) is 18.3. The topological polar surface area (TPSA) is 46.2 Å². The molecule has 0 saturated carbocycles. The zero-order valence-corrected chi connectivity index (χ0v) is 13.4. The fourth-order valence-corrected chi connectivity index (χ4v) is 4.13. The lowest BCUT2D eigenvalue weighted by Gasteiger charge is -2.18.